The molecule has 0 spiro atoms. The zero-order valence-corrected chi connectivity index (χ0v) is 8.40. The summed E-state index contributed by atoms with van der Waals surface area (Å²) in [7, 11) is 0. The Hall–Kier alpha value is -1.36. The molecule has 1 aromatic heterocycles. The fourth-order valence-corrected chi connectivity index (χ4v) is 0.938. The third kappa shape index (κ3) is 2.85. The molecule has 0 unspecified atom stereocenters. The van der Waals surface area contributed by atoms with Gasteiger partial charge in [0.15, 0.2) is 5.69 Å². The number of imidazole rings is 1. The van der Waals surface area contributed by atoms with Crippen molar-refractivity contribution in [2.24, 2.45) is 0 Å². The van der Waals surface area contributed by atoms with Gasteiger partial charge in [0.05, 0.1) is 12.9 Å². The van der Waals surface area contributed by atoms with Crippen molar-refractivity contribution in [3.05, 3.63) is 18.2 Å². The molecule has 5 nitrogen and oxygen atoms in total. The highest BCUT2D eigenvalue weighted by molar-refractivity contribution is 5.86. The number of aromatic nitrogens is 2. The summed E-state index contributed by atoms with van der Waals surface area (Å²) in [6.45, 7) is 5.06. The molecular formula is C9H14N2O3. The molecule has 1 heterocycles. The molecule has 1 rings (SSSR count). The van der Waals surface area contributed by atoms with Gasteiger partial charge in [-0.05, 0) is 13.8 Å². The summed E-state index contributed by atoms with van der Waals surface area (Å²) in [5.74, 6) is -0.400. The fourth-order valence-electron chi connectivity index (χ4n) is 0.938. The van der Waals surface area contributed by atoms with Gasteiger partial charge in [-0.3, -0.25) is 0 Å². The van der Waals surface area contributed by atoms with Crippen LogP contribution in [0.4, 0.5) is 0 Å². The van der Waals surface area contributed by atoms with Gasteiger partial charge in [0.25, 0.3) is 0 Å². The van der Waals surface area contributed by atoms with Gasteiger partial charge in [0, 0.05) is 12.8 Å². The topological polar surface area (TPSA) is 53.4 Å². The second-order valence-corrected chi connectivity index (χ2v) is 2.62. The standard InChI is InChI=1S/C9H14N2O3/c1-3-13-7-11-5-8(10-6-11)9(12)14-4-2/h5-6H,3-4,7H2,1-2H3. The zero-order valence-electron chi connectivity index (χ0n) is 8.40. The summed E-state index contributed by atoms with van der Waals surface area (Å²) >= 11 is 0. The summed E-state index contributed by atoms with van der Waals surface area (Å²) in [5.41, 5.74) is 0.312. The number of carbonyl (C=O) groups is 1. The van der Waals surface area contributed by atoms with E-state index < -0.39 is 5.97 Å². The summed E-state index contributed by atoms with van der Waals surface area (Å²) in [5, 5.41) is 0. The Morgan fingerprint density at radius 3 is 2.93 bits per heavy atom. The SMILES string of the molecule is CCOCn1cnc(C(=O)OCC)c1. The smallest absolute Gasteiger partial charge is 0.358 e. The zero-order chi connectivity index (χ0) is 10.4. The molecule has 0 aliphatic rings. The van der Waals surface area contributed by atoms with Crippen LogP contribution in [0.2, 0.25) is 0 Å². The molecule has 78 valence electrons. The van der Waals surface area contributed by atoms with E-state index >= 15 is 0 Å². The van der Waals surface area contributed by atoms with E-state index in [-0.39, 0.29) is 0 Å². The molecular weight excluding hydrogens is 184 g/mol. The Labute approximate surface area is 82.6 Å². The highest BCUT2D eigenvalue weighted by atomic mass is 16.5. The van der Waals surface area contributed by atoms with E-state index in [1.54, 1.807) is 24.0 Å². The van der Waals surface area contributed by atoms with Crippen LogP contribution < -0.4 is 0 Å². The molecule has 0 atom stereocenters. The number of ether oxygens (including phenoxy) is 2. The Morgan fingerprint density at radius 1 is 1.50 bits per heavy atom. The summed E-state index contributed by atoms with van der Waals surface area (Å²) in [4.78, 5) is 15.1. The number of hydrogen-bond donors (Lipinski definition) is 0. The lowest BCUT2D eigenvalue weighted by Gasteiger charge is -2.00. The highest BCUT2D eigenvalue weighted by Crippen LogP contribution is 1.99. The number of hydrogen-bond acceptors (Lipinski definition) is 4. The van der Waals surface area contributed by atoms with Gasteiger partial charge in [-0.1, -0.05) is 0 Å². The summed E-state index contributed by atoms with van der Waals surface area (Å²) in [6.07, 6.45) is 3.15. The maximum Gasteiger partial charge on any atom is 0.358 e. The summed E-state index contributed by atoms with van der Waals surface area (Å²) < 4.78 is 11.6. The average molecular weight is 198 g/mol. The van der Waals surface area contributed by atoms with Crippen molar-refractivity contribution in [2.45, 2.75) is 20.6 Å². The predicted octanol–water partition coefficient (Wildman–Crippen LogP) is 1.05. The minimum atomic E-state index is -0.400. The van der Waals surface area contributed by atoms with Crippen LogP contribution in [-0.2, 0) is 16.2 Å². The largest absolute Gasteiger partial charge is 0.461 e. The van der Waals surface area contributed by atoms with Crippen LogP contribution in [0.25, 0.3) is 0 Å². The summed E-state index contributed by atoms with van der Waals surface area (Å²) in [6, 6.07) is 0. The molecule has 1 aromatic rings. The Bertz CT molecular complexity index is 296. The van der Waals surface area contributed by atoms with Gasteiger partial charge >= 0.3 is 5.97 Å². The van der Waals surface area contributed by atoms with Crippen molar-refractivity contribution in [3.8, 4) is 0 Å². The van der Waals surface area contributed by atoms with Crippen LogP contribution >= 0.6 is 0 Å². The van der Waals surface area contributed by atoms with E-state index in [0.717, 1.165) is 0 Å². The first-order valence-electron chi connectivity index (χ1n) is 4.54. The van der Waals surface area contributed by atoms with Crippen LogP contribution in [0.3, 0.4) is 0 Å². The number of nitrogens with zero attached hydrogens (tertiary/aromatic N) is 2. The Balaban J connectivity index is 2.54. The van der Waals surface area contributed by atoms with Crippen molar-refractivity contribution in [1.82, 2.24) is 9.55 Å². The van der Waals surface area contributed by atoms with Gasteiger partial charge in [-0.2, -0.15) is 0 Å². The molecule has 5 heteroatoms. The first-order valence-corrected chi connectivity index (χ1v) is 4.54. The van der Waals surface area contributed by atoms with Gasteiger partial charge < -0.3 is 14.0 Å². The second kappa shape index (κ2) is 5.39. The molecule has 0 aliphatic heterocycles. The lowest BCUT2D eigenvalue weighted by Crippen LogP contribution is -2.05. The predicted molar refractivity (Wildman–Crippen MR) is 49.8 cm³/mol. The molecule has 0 fully saturated rings. The Morgan fingerprint density at radius 2 is 2.29 bits per heavy atom. The van der Waals surface area contributed by atoms with Crippen LogP contribution in [-0.4, -0.2) is 28.7 Å². The first-order chi connectivity index (χ1) is 6.77. The van der Waals surface area contributed by atoms with E-state index in [0.29, 0.717) is 25.6 Å². The lowest BCUT2D eigenvalue weighted by atomic mass is 10.5. The van der Waals surface area contributed by atoms with Crippen molar-refractivity contribution in [3.63, 3.8) is 0 Å². The molecule has 0 aliphatic carbocycles. The van der Waals surface area contributed by atoms with Crippen molar-refractivity contribution in [1.29, 1.82) is 0 Å². The van der Waals surface area contributed by atoms with Crippen molar-refractivity contribution >= 4 is 5.97 Å². The normalized spacial score (nSPS) is 10.1. The van der Waals surface area contributed by atoms with Gasteiger partial charge in [0.2, 0.25) is 0 Å². The lowest BCUT2D eigenvalue weighted by molar-refractivity contribution is 0.0519. The molecule has 14 heavy (non-hydrogen) atoms. The highest BCUT2D eigenvalue weighted by Gasteiger charge is 2.09. The van der Waals surface area contributed by atoms with Gasteiger partial charge in [-0.15, -0.1) is 0 Å². The quantitative estimate of drug-likeness (QED) is 0.664. The molecule has 0 aromatic carbocycles. The first kappa shape index (κ1) is 10.7. The van der Waals surface area contributed by atoms with Crippen molar-refractivity contribution in [2.75, 3.05) is 13.2 Å². The van der Waals surface area contributed by atoms with Crippen LogP contribution in [0.5, 0.6) is 0 Å². The molecule has 0 amide bonds. The second-order valence-electron chi connectivity index (χ2n) is 2.62. The maximum absolute atomic E-state index is 11.2. The molecule has 0 saturated carbocycles. The molecule has 0 saturated heterocycles. The fraction of sp³-hybridized carbons (Fsp3) is 0.556. The minimum Gasteiger partial charge on any atom is -0.461 e. The molecule has 0 N–H and O–H groups in total. The van der Waals surface area contributed by atoms with E-state index in [2.05, 4.69) is 4.98 Å². The van der Waals surface area contributed by atoms with E-state index in [1.807, 2.05) is 6.92 Å². The van der Waals surface area contributed by atoms with Crippen LogP contribution in [0, 0.1) is 0 Å². The maximum atomic E-state index is 11.2. The monoisotopic (exact) mass is 198 g/mol. The number of esters is 1. The van der Waals surface area contributed by atoms with Crippen LogP contribution in [0.15, 0.2) is 12.5 Å². The Kier molecular flexibility index (Phi) is 4.12. The third-order valence-electron chi connectivity index (χ3n) is 1.56. The van der Waals surface area contributed by atoms with Gasteiger partial charge in [0.1, 0.15) is 6.73 Å². The van der Waals surface area contributed by atoms with E-state index in [4.69, 9.17) is 9.47 Å². The van der Waals surface area contributed by atoms with Gasteiger partial charge in [-0.25, -0.2) is 9.78 Å². The van der Waals surface area contributed by atoms with Crippen LogP contribution in [0.1, 0.15) is 24.3 Å². The van der Waals surface area contributed by atoms with E-state index in [1.165, 1.54) is 0 Å². The number of rotatable bonds is 5. The van der Waals surface area contributed by atoms with Crippen molar-refractivity contribution < 1.29 is 14.3 Å². The molecule has 0 radical (unpaired) electrons. The van der Waals surface area contributed by atoms with E-state index in [9.17, 15) is 4.79 Å². The molecule has 0 bridgehead atoms. The minimum absolute atomic E-state index is 0.312. The number of carbonyl (C=O) groups excluding carboxylic acids is 1. The average Bonchev–Trinajstić information content (AvgIpc) is 2.63. The third-order valence-corrected chi connectivity index (χ3v) is 1.56.